The first-order valence-corrected chi connectivity index (χ1v) is 22.0. The largest absolute Gasteiger partial charge is 0.508 e. The molecular formula is C48H53N3O14. The number of benzene rings is 3. The molecule has 3 aliphatic heterocycles. The van der Waals surface area contributed by atoms with Gasteiger partial charge in [0.25, 0.3) is 5.91 Å². The fraction of sp³-hybridized carbons (Fsp3) is 0.458. The molecule has 9 atom stereocenters. The molecule has 1 saturated heterocycles. The van der Waals surface area contributed by atoms with Crippen molar-refractivity contribution in [3.8, 4) is 23.0 Å². The minimum absolute atomic E-state index is 0.00114. The van der Waals surface area contributed by atoms with Crippen LogP contribution in [0.1, 0.15) is 79.5 Å². The molecule has 0 radical (unpaired) electrons. The van der Waals surface area contributed by atoms with E-state index in [1.807, 2.05) is 12.1 Å². The van der Waals surface area contributed by atoms with Crippen molar-refractivity contribution in [2.45, 2.75) is 105 Å². The number of aliphatic imine (C=N–C) groups is 2. The number of aromatic hydroxyl groups is 3. The van der Waals surface area contributed by atoms with Crippen LogP contribution in [0.2, 0.25) is 0 Å². The lowest BCUT2D eigenvalue weighted by Crippen LogP contribution is -2.67. The molecule has 3 heterocycles. The smallest absolute Gasteiger partial charge is 0.355 e. The predicted molar refractivity (Wildman–Crippen MR) is 234 cm³/mol. The molecule has 17 nitrogen and oxygen atoms in total. The number of fused-ring (bicyclic) bond motifs is 5. The lowest BCUT2D eigenvalue weighted by atomic mass is 9.44. The highest BCUT2D eigenvalue weighted by molar-refractivity contribution is 6.32. The van der Waals surface area contributed by atoms with E-state index < -0.39 is 82.7 Å². The summed E-state index contributed by atoms with van der Waals surface area (Å²) in [5, 5.41) is 110. The summed E-state index contributed by atoms with van der Waals surface area (Å²) in [7, 11) is 0. The Kier molecular flexibility index (Phi) is 11.4. The molecule has 344 valence electrons. The molecule has 6 aliphatic rings. The van der Waals surface area contributed by atoms with Crippen molar-refractivity contribution in [3.05, 3.63) is 94.6 Å². The van der Waals surface area contributed by atoms with Gasteiger partial charge in [0.15, 0.2) is 23.1 Å². The second-order valence-corrected chi connectivity index (χ2v) is 18.2. The van der Waals surface area contributed by atoms with Crippen LogP contribution in [0.15, 0.2) is 82.3 Å². The van der Waals surface area contributed by atoms with E-state index in [-0.39, 0.29) is 48.4 Å². The average molecular weight is 896 g/mol. The molecule has 10 N–H and O–H groups in total. The standard InChI is InChI=1S/C48H53N3O14/c52-23-27-12-15-46(45(13-4-1-5-14-45)32-6-2-3-7-35(32)55)29(17-27)21-47(44(61)62)42(46)31-19-36(56)37(64-48(63)43(60)41(59)40(58)38(24-53)65-48)20-33(31)51(47)39(57)11-9-26-8-10-34(54)28(16-26)18-30-22-49-25-50-30/h2-3,6-11,16,19-22,27,38,40-43,52-56,58-60,63H,1,4-5,12-15,17-18,23-25H2,(H,61,62). The number of allylic oxidation sites excluding steroid dienone is 1. The van der Waals surface area contributed by atoms with Crippen molar-refractivity contribution in [2.75, 3.05) is 24.8 Å². The number of aliphatic carboxylic acids is 1. The molecule has 0 aromatic heterocycles. The highest BCUT2D eigenvalue weighted by atomic mass is 16.8. The molecule has 0 bridgehead atoms. The number of rotatable bonds is 11. The Morgan fingerprint density at radius 3 is 2.37 bits per heavy atom. The second-order valence-electron chi connectivity index (χ2n) is 18.2. The van der Waals surface area contributed by atoms with E-state index >= 15 is 4.79 Å². The molecule has 65 heavy (non-hydrogen) atoms. The summed E-state index contributed by atoms with van der Waals surface area (Å²) < 4.78 is 11.1. The van der Waals surface area contributed by atoms with Crippen LogP contribution in [0.25, 0.3) is 6.08 Å². The number of ether oxygens (including phenoxy) is 2. The van der Waals surface area contributed by atoms with E-state index in [1.165, 1.54) is 24.3 Å². The summed E-state index contributed by atoms with van der Waals surface area (Å²) in [4.78, 5) is 39.3. The van der Waals surface area contributed by atoms with Crippen LogP contribution >= 0.6 is 0 Å². The number of hydrogen-bond donors (Lipinski definition) is 10. The number of para-hydroxylation sites is 1. The van der Waals surface area contributed by atoms with Gasteiger partial charge < -0.3 is 60.5 Å². The number of carbonyl (C=O) groups excluding carboxylic acids is 1. The topological polar surface area (TPSA) is 283 Å². The lowest BCUT2D eigenvalue weighted by molar-refractivity contribution is -0.422. The summed E-state index contributed by atoms with van der Waals surface area (Å²) >= 11 is 0. The molecule has 17 heteroatoms. The molecule has 3 aromatic rings. The zero-order chi connectivity index (χ0) is 46.1. The second kappa shape index (κ2) is 16.6. The van der Waals surface area contributed by atoms with Gasteiger partial charge in [-0.2, -0.15) is 0 Å². The Bertz CT molecular complexity index is 2520. The quantitative estimate of drug-likeness (QED) is 0.0753. The summed E-state index contributed by atoms with van der Waals surface area (Å²) in [6.07, 6.45) is 2.89. The maximum atomic E-state index is 15.2. The molecule has 9 unspecified atom stereocenters. The van der Waals surface area contributed by atoms with Gasteiger partial charge in [-0.25, -0.2) is 4.79 Å². The van der Waals surface area contributed by atoms with Crippen LogP contribution in [0.3, 0.4) is 0 Å². The zero-order valence-corrected chi connectivity index (χ0v) is 35.4. The normalized spacial score (nSPS) is 32.4. The number of hydrogen-bond acceptors (Lipinski definition) is 15. The maximum Gasteiger partial charge on any atom is 0.355 e. The Morgan fingerprint density at radius 2 is 1.68 bits per heavy atom. The third-order valence-electron chi connectivity index (χ3n) is 14.9. The molecule has 9 rings (SSSR count). The number of amides is 1. The third kappa shape index (κ3) is 6.86. The number of aliphatic hydroxyl groups excluding tert-OH is 5. The molecular weight excluding hydrogens is 843 g/mol. The summed E-state index contributed by atoms with van der Waals surface area (Å²) in [5.74, 6) is -7.97. The number of carboxylic acid groups (broad SMARTS) is 1. The molecule has 3 fully saturated rings. The SMILES string of the molecule is O=C(C=Cc1ccc(O)c(CC2=NCN=C2)c1)N1c2cc(OC3(O)OC(CO)C(O)C(O)C3O)c(O)cc2C2C1(C(=O)O)C=C1CC(CO)CCC12C1(c2ccccc2O)CCCCC1. The van der Waals surface area contributed by atoms with Crippen molar-refractivity contribution < 1.29 is 70.1 Å². The van der Waals surface area contributed by atoms with Gasteiger partial charge in [0.05, 0.1) is 18.0 Å². The summed E-state index contributed by atoms with van der Waals surface area (Å²) in [6, 6.07) is 14.2. The predicted octanol–water partition coefficient (Wildman–Crippen LogP) is 2.92. The molecule has 3 aromatic carbocycles. The van der Waals surface area contributed by atoms with Gasteiger partial charge >= 0.3 is 11.9 Å². The van der Waals surface area contributed by atoms with Gasteiger partial charge in [-0.3, -0.25) is 19.7 Å². The number of anilines is 1. The van der Waals surface area contributed by atoms with E-state index in [0.717, 1.165) is 30.2 Å². The van der Waals surface area contributed by atoms with Gasteiger partial charge in [-0.1, -0.05) is 49.1 Å². The highest BCUT2D eigenvalue weighted by Crippen LogP contribution is 2.76. The fourth-order valence-electron chi connectivity index (χ4n) is 12.0. The van der Waals surface area contributed by atoms with Gasteiger partial charge in [0, 0.05) is 59.3 Å². The number of phenols is 3. The van der Waals surface area contributed by atoms with Crippen LogP contribution in [-0.4, -0.2) is 131 Å². The Morgan fingerprint density at radius 1 is 0.908 bits per heavy atom. The van der Waals surface area contributed by atoms with E-state index in [4.69, 9.17) is 9.47 Å². The average Bonchev–Trinajstić information content (AvgIpc) is 4.00. The summed E-state index contributed by atoms with van der Waals surface area (Å²) in [6.45, 7) is -0.798. The molecule has 3 aliphatic carbocycles. The lowest BCUT2D eigenvalue weighted by Gasteiger charge is -2.59. The first kappa shape index (κ1) is 44.5. The van der Waals surface area contributed by atoms with Crippen LogP contribution < -0.4 is 9.64 Å². The Hall–Kier alpha value is -5.66. The van der Waals surface area contributed by atoms with Gasteiger partial charge in [-0.15, -0.1) is 0 Å². The fourth-order valence-corrected chi connectivity index (χ4v) is 12.0. The van der Waals surface area contributed by atoms with E-state index in [9.17, 15) is 55.9 Å². The monoisotopic (exact) mass is 895 g/mol. The van der Waals surface area contributed by atoms with Gasteiger partial charge in [-0.05, 0) is 85.6 Å². The minimum Gasteiger partial charge on any atom is -0.508 e. The van der Waals surface area contributed by atoms with Crippen LogP contribution in [0, 0.1) is 11.3 Å². The number of carboxylic acids is 1. The van der Waals surface area contributed by atoms with Crippen molar-refractivity contribution in [2.24, 2.45) is 21.3 Å². The Balaban J connectivity index is 1.24. The Labute approximate surface area is 373 Å². The molecule has 1 amide bonds. The number of nitrogens with zero attached hydrogens (tertiary/aromatic N) is 3. The number of phenolic OH excluding ortho intramolecular Hbond substituents is 3. The minimum atomic E-state index is -3.17. The molecule has 0 spiro atoms. The number of carbonyl (C=O) groups is 2. The maximum absolute atomic E-state index is 15.2. The van der Waals surface area contributed by atoms with Crippen LogP contribution in [0.5, 0.6) is 23.0 Å². The zero-order valence-electron chi connectivity index (χ0n) is 35.4. The molecule has 2 saturated carbocycles. The number of aliphatic hydroxyl groups is 6. The van der Waals surface area contributed by atoms with Crippen LogP contribution in [-0.2, 0) is 26.2 Å². The van der Waals surface area contributed by atoms with Crippen molar-refractivity contribution in [3.63, 3.8) is 0 Å². The van der Waals surface area contributed by atoms with E-state index in [2.05, 4.69) is 9.98 Å². The van der Waals surface area contributed by atoms with Crippen LogP contribution in [0.4, 0.5) is 5.69 Å². The van der Waals surface area contributed by atoms with Crippen molar-refractivity contribution in [1.29, 1.82) is 0 Å². The van der Waals surface area contributed by atoms with Gasteiger partial charge in [0.2, 0.25) is 0 Å². The van der Waals surface area contributed by atoms with Crippen molar-refractivity contribution in [1.82, 2.24) is 0 Å². The summed E-state index contributed by atoms with van der Waals surface area (Å²) in [5.41, 5.74) is -1.02. The van der Waals surface area contributed by atoms with Crippen molar-refractivity contribution >= 4 is 35.6 Å². The highest BCUT2D eigenvalue weighted by Gasteiger charge is 2.75. The third-order valence-corrected chi connectivity index (χ3v) is 14.9. The van der Waals surface area contributed by atoms with E-state index in [0.29, 0.717) is 60.1 Å². The first-order valence-electron chi connectivity index (χ1n) is 22.0. The van der Waals surface area contributed by atoms with Gasteiger partial charge in [0.1, 0.15) is 36.5 Å². The van der Waals surface area contributed by atoms with E-state index in [1.54, 1.807) is 36.6 Å². The first-order chi connectivity index (χ1) is 31.1.